The summed E-state index contributed by atoms with van der Waals surface area (Å²) in [5.74, 6) is -0.237. The molecule has 9 heteroatoms. The van der Waals surface area contributed by atoms with E-state index in [0.717, 1.165) is 0 Å². The minimum absolute atomic E-state index is 0.116. The van der Waals surface area contributed by atoms with Crippen LogP contribution in [0.1, 0.15) is 5.76 Å². The maximum atomic E-state index is 12.4. The van der Waals surface area contributed by atoms with Crippen LogP contribution >= 0.6 is 23.2 Å². The molecule has 0 aliphatic carbocycles. The summed E-state index contributed by atoms with van der Waals surface area (Å²) in [6, 6.07) is 15.4. The first-order valence-corrected chi connectivity index (χ1v) is 8.86. The Labute approximate surface area is 174 Å². The highest BCUT2D eigenvalue weighted by atomic mass is 35.5. The number of halogens is 2. The van der Waals surface area contributed by atoms with Gasteiger partial charge in [-0.1, -0.05) is 35.3 Å². The molecule has 0 bridgehead atoms. The van der Waals surface area contributed by atoms with E-state index in [1.165, 1.54) is 36.4 Å². The van der Waals surface area contributed by atoms with E-state index in [-0.39, 0.29) is 33.4 Å². The molecule has 0 atom stereocenters. The highest BCUT2D eigenvalue weighted by Crippen LogP contribution is 2.31. The number of para-hydroxylation sites is 1. The van der Waals surface area contributed by atoms with Crippen molar-refractivity contribution in [2.45, 2.75) is 0 Å². The summed E-state index contributed by atoms with van der Waals surface area (Å²) in [5, 5.41) is 23.6. The van der Waals surface area contributed by atoms with Gasteiger partial charge >= 0.3 is 0 Å². The number of hydrogen-bond donors (Lipinski definition) is 1. The maximum Gasteiger partial charge on any atom is 0.280 e. The lowest BCUT2D eigenvalue weighted by molar-refractivity contribution is -0.384. The van der Waals surface area contributed by atoms with Gasteiger partial charge in [0, 0.05) is 17.8 Å². The number of rotatable bonds is 5. The first kappa shape index (κ1) is 20.1. The van der Waals surface area contributed by atoms with Gasteiger partial charge in [0.2, 0.25) is 0 Å². The molecule has 1 aromatic heterocycles. The lowest BCUT2D eigenvalue weighted by Gasteiger charge is -2.05. The molecular weight excluding hydrogens is 417 g/mol. The Hall–Kier alpha value is -3.60. The topological polar surface area (TPSA) is 109 Å². The number of nitro benzene ring substituents is 1. The van der Waals surface area contributed by atoms with Gasteiger partial charge in [0.05, 0.1) is 20.5 Å². The van der Waals surface area contributed by atoms with E-state index in [1.807, 2.05) is 0 Å². The third-order valence-corrected chi connectivity index (χ3v) is 4.56. The van der Waals surface area contributed by atoms with Crippen molar-refractivity contribution in [3.05, 3.63) is 86.1 Å². The van der Waals surface area contributed by atoms with Gasteiger partial charge in [-0.05, 0) is 36.4 Å². The largest absolute Gasteiger partial charge is 0.456 e. The van der Waals surface area contributed by atoms with Crippen molar-refractivity contribution in [3.8, 4) is 17.4 Å². The average Bonchev–Trinajstić information content (AvgIpc) is 3.17. The van der Waals surface area contributed by atoms with E-state index in [2.05, 4.69) is 5.32 Å². The van der Waals surface area contributed by atoms with Crippen molar-refractivity contribution < 1.29 is 14.1 Å². The van der Waals surface area contributed by atoms with Gasteiger partial charge in [0.15, 0.2) is 0 Å². The number of carbonyl (C=O) groups is 1. The second kappa shape index (κ2) is 8.61. The van der Waals surface area contributed by atoms with Crippen molar-refractivity contribution in [1.29, 1.82) is 5.26 Å². The van der Waals surface area contributed by atoms with Gasteiger partial charge in [0.25, 0.3) is 11.6 Å². The third-order valence-electron chi connectivity index (χ3n) is 3.82. The molecule has 3 aromatic rings. The fraction of sp³-hybridized carbons (Fsp3) is 0. The quantitative estimate of drug-likeness (QED) is 0.242. The van der Waals surface area contributed by atoms with Gasteiger partial charge in [0.1, 0.15) is 23.2 Å². The number of nitrogens with one attached hydrogen (secondary N) is 1. The summed E-state index contributed by atoms with van der Waals surface area (Å²) in [6.07, 6.45) is 1.24. The first-order valence-electron chi connectivity index (χ1n) is 8.11. The van der Waals surface area contributed by atoms with Crippen LogP contribution in [-0.4, -0.2) is 10.8 Å². The monoisotopic (exact) mass is 427 g/mol. The number of anilines is 1. The molecule has 7 nitrogen and oxygen atoms in total. The fourth-order valence-electron chi connectivity index (χ4n) is 2.48. The Balaban J connectivity index is 1.85. The number of nitrogens with zero attached hydrogens (tertiary/aromatic N) is 2. The summed E-state index contributed by atoms with van der Waals surface area (Å²) in [6.45, 7) is 0. The number of carbonyl (C=O) groups excluding carboxylic acids is 1. The van der Waals surface area contributed by atoms with Gasteiger partial charge < -0.3 is 9.73 Å². The fourth-order valence-corrected chi connectivity index (χ4v) is 2.78. The van der Waals surface area contributed by atoms with Crippen LogP contribution in [0.5, 0.6) is 0 Å². The molecule has 2 aromatic carbocycles. The van der Waals surface area contributed by atoms with Crippen molar-refractivity contribution in [3.63, 3.8) is 0 Å². The SMILES string of the molecule is N#C/C(=C\c1ccc(-c2ccccc2[N+](=O)[O-])o1)C(=O)Nc1ccc(Cl)c(Cl)c1. The van der Waals surface area contributed by atoms with Crippen molar-refractivity contribution in [2.24, 2.45) is 0 Å². The zero-order valence-electron chi connectivity index (χ0n) is 14.6. The molecule has 1 amide bonds. The number of nitriles is 1. The normalized spacial score (nSPS) is 11.0. The molecule has 0 saturated carbocycles. The van der Waals surface area contributed by atoms with Crippen LogP contribution in [0, 0.1) is 21.4 Å². The molecule has 0 aliphatic rings. The Morgan fingerprint density at radius 1 is 1.14 bits per heavy atom. The Morgan fingerprint density at radius 3 is 2.59 bits per heavy atom. The van der Waals surface area contributed by atoms with Crippen LogP contribution in [0.15, 0.2) is 64.6 Å². The minimum atomic E-state index is -0.672. The van der Waals surface area contributed by atoms with Gasteiger partial charge in [-0.2, -0.15) is 5.26 Å². The molecular formula is C20H11Cl2N3O4. The van der Waals surface area contributed by atoms with E-state index in [4.69, 9.17) is 27.6 Å². The third kappa shape index (κ3) is 4.63. The smallest absolute Gasteiger partial charge is 0.280 e. The minimum Gasteiger partial charge on any atom is -0.456 e. The molecule has 3 rings (SSSR count). The highest BCUT2D eigenvalue weighted by molar-refractivity contribution is 6.42. The van der Waals surface area contributed by atoms with E-state index < -0.39 is 10.8 Å². The molecule has 29 heavy (non-hydrogen) atoms. The van der Waals surface area contributed by atoms with Crippen LogP contribution in [0.2, 0.25) is 10.0 Å². The predicted molar refractivity (Wildman–Crippen MR) is 109 cm³/mol. The van der Waals surface area contributed by atoms with E-state index >= 15 is 0 Å². The van der Waals surface area contributed by atoms with E-state index in [1.54, 1.807) is 30.3 Å². The molecule has 0 radical (unpaired) electrons. The molecule has 0 fully saturated rings. The predicted octanol–water partition coefficient (Wildman–Crippen LogP) is 5.71. The summed E-state index contributed by atoms with van der Waals surface area (Å²) >= 11 is 11.7. The maximum absolute atomic E-state index is 12.4. The number of nitro groups is 1. The lowest BCUT2D eigenvalue weighted by atomic mass is 10.1. The van der Waals surface area contributed by atoms with Crippen LogP contribution in [0.3, 0.4) is 0 Å². The first-order chi connectivity index (χ1) is 13.9. The molecule has 144 valence electrons. The van der Waals surface area contributed by atoms with Gasteiger partial charge in [-0.3, -0.25) is 14.9 Å². The summed E-state index contributed by atoms with van der Waals surface area (Å²) in [5.41, 5.74) is 0.316. The number of amides is 1. The summed E-state index contributed by atoms with van der Waals surface area (Å²) < 4.78 is 5.58. The molecule has 1 N–H and O–H groups in total. The second-order valence-electron chi connectivity index (χ2n) is 5.73. The molecule has 0 aliphatic heterocycles. The summed E-state index contributed by atoms with van der Waals surface area (Å²) in [7, 11) is 0. The Morgan fingerprint density at radius 2 is 1.90 bits per heavy atom. The van der Waals surface area contributed by atoms with Gasteiger partial charge in [-0.15, -0.1) is 0 Å². The summed E-state index contributed by atoms with van der Waals surface area (Å²) in [4.78, 5) is 23.0. The lowest BCUT2D eigenvalue weighted by Crippen LogP contribution is -2.13. The Bertz CT molecular complexity index is 1180. The molecule has 1 heterocycles. The van der Waals surface area contributed by atoms with Crippen LogP contribution in [0.25, 0.3) is 17.4 Å². The van der Waals surface area contributed by atoms with Crippen LogP contribution in [-0.2, 0) is 4.79 Å². The molecule has 0 spiro atoms. The molecule has 0 saturated heterocycles. The van der Waals surface area contributed by atoms with E-state index in [0.29, 0.717) is 10.7 Å². The number of furan rings is 1. The van der Waals surface area contributed by atoms with Crippen LogP contribution in [0.4, 0.5) is 11.4 Å². The Kier molecular flexibility index (Phi) is 5.98. The highest BCUT2D eigenvalue weighted by Gasteiger charge is 2.17. The number of benzene rings is 2. The zero-order valence-corrected chi connectivity index (χ0v) is 16.1. The van der Waals surface area contributed by atoms with Crippen LogP contribution < -0.4 is 5.32 Å². The van der Waals surface area contributed by atoms with Gasteiger partial charge in [-0.25, -0.2) is 0 Å². The average molecular weight is 428 g/mol. The molecule has 0 unspecified atom stereocenters. The zero-order chi connectivity index (χ0) is 21.0. The standard InChI is InChI=1S/C20H11Cl2N3O4/c21-16-7-5-13(10-17(16)22)24-20(26)12(11-23)9-14-6-8-19(29-14)15-3-1-2-4-18(15)25(27)28/h1-10H,(H,24,26)/b12-9+. The second-order valence-corrected chi connectivity index (χ2v) is 6.54. The van der Waals surface area contributed by atoms with Crippen molar-refractivity contribution >= 4 is 46.6 Å². The van der Waals surface area contributed by atoms with Crippen molar-refractivity contribution in [2.75, 3.05) is 5.32 Å². The van der Waals surface area contributed by atoms with Crippen molar-refractivity contribution in [1.82, 2.24) is 0 Å². The van der Waals surface area contributed by atoms with E-state index in [9.17, 15) is 20.2 Å². The number of hydrogen-bond acceptors (Lipinski definition) is 5.